The van der Waals surface area contributed by atoms with Crippen LogP contribution in [-0.2, 0) is 0 Å². The molecule has 3 aromatic heterocycles. The summed E-state index contributed by atoms with van der Waals surface area (Å²) in [7, 11) is 3.46. The van der Waals surface area contributed by atoms with Crippen molar-refractivity contribution in [2.24, 2.45) is 0 Å². The zero-order valence-electron chi connectivity index (χ0n) is 14.9. The Morgan fingerprint density at radius 1 is 1.15 bits per heavy atom. The number of carbonyl (C=O) groups is 1. The van der Waals surface area contributed by atoms with Crippen LogP contribution in [0.4, 0.5) is 11.5 Å². The maximum atomic E-state index is 12.3. The molecule has 0 saturated heterocycles. The molecule has 1 amide bonds. The third-order valence-electron chi connectivity index (χ3n) is 4.03. The fourth-order valence-electron chi connectivity index (χ4n) is 2.76. The van der Waals surface area contributed by atoms with Crippen molar-refractivity contribution in [3.05, 3.63) is 67.0 Å². The molecular weight excluding hydrogens is 342 g/mol. The van der Waals surface area contributed by atoms with Crippen LogP contribution in [0.1, 0.15) is 10.4 Å². The molecule has 1 aromatic carbocycles. The smallest absolute Gasteiger partial charge is 0.253 e. The molecule has 0 aliphatic heterocycles. The van der Waals surface area contributed by atoms with Gasteiger partial charge in [-0.3, -0.25) is 14.2 Å². The third kappa shape index (κ3) is 3.20. The van der Waals surface area contributed by atoms with Crippen LogP contribution in [0.25, 0.3) is 17.0 Å². The van der Waals surface area contributed by atoms with Crippen molar-refractivity contribution in [1.29, 1.82) is 0 Å². The molecule has 0 atom stereocenters. The predicted molar refractivity (Wildman–Crippen MR) is 102 cm³/mol. The van der Waals surface area contributed by atoms with Crippen LogP contribution in [-0.4, -0.2) is 49.2 Å². The van der Waals surface area contributed by atoms with Gasteiger partial charge in [0.15, 0.2) is 5.65 Å². The zero-order chi connectivity index (χ0) is 18.8. The number of nitrogens with zero attached hydrogens (tertiary/aromatic N) is 6. The van der Waals surface area contributed by atoms with Gasteiger partial charge in [-0.2, -0.15) is 0 Å². The molecule has 0 spiro atoms. The average Bonchev–Trinajstić information content (AvgIpc) is 3.07. The molecule has 27 heavy (non-hydrogen) atoms. The summed E-state index contributed by atoms with van der Waals surface area (Å²) in [6.07, 6.45) is 8.35. The maximum Gasteiger partial charge on any atom is 0.253 e. The lowest BCUT2D eigenvalue weighted by Crippen LogP contribution is -2.21. The van der Waals surface area contributed by atoms with Crippen molar-refractivity contribution in [3.63, 3.8) is 0 Å². The molecule has 0 aliphatic rings. The second-order valence-electron chi connectivity index (χ2n) is 6.11. The van der Waals surface area contributed by atoms with Gasteiger partial charge in [-0.05, 0) is 24.3 Å². The van der Waals surface area contributed by atoms with E-state index in [1.54, 1.807) is 49.7 Å². The monoisotopic (exact) mass is 359 g/mol. The van der Waals surface area contributed by atoms with Crippen molar-refractivity contribution >= 4 is 23.1 Å². The molecule has 134 valence electrons. The van der Waals surface area contributed by atoms with E-state index >= 15 is 0 Å². The van der Waals surface area contributed by atoms with E-state index in [4.69, 9.17) is 0 Å². The first kappa shape index (κ1) is 16.6. The van der Waals surface area contributed by atoms with Crippen LogP contribution >= 0.6 is 0 Å². The fraction of sp³-hybridized carbons (Fsp3) is 0.105. The largest absolute Gasteiger partial charge is 0.345 e. The second-order valence-corrected chi connectivity index (χ2v) is 6.11. The van der Waals surface area contributed by atoms with Gasteiger partial charge in [-0.15, -0.1) is 0 Å². The molecule has 4 rings (SSSR count). The molecule has 0 aliphatic carbocycles. The van der Waals surface area contributed by atoms with Crippen LogP contribution in [0.15, 0.2) is 61.4 Å². The number of carbonyl (C=O) groups excluding carboxylic acids is 1. The van der Waals surface area contributed by atoms with Crippen molar-refractivity contribution in [2.75, 3.05) is 19.4 Å². The lowest BCUT2D eigenvalue weighted by Gasteiger charge is -2.12. The zero-order valence-corrected chi connectivity index (χ0v) is 14.9. The minimum atomic E-state index is -0.0583. The quantitative estimate of drug-likeness (QED) is 0.603. The lowest BCUT2D eigenvalue weighted by molar-refractivity contribution is 0.0827. The molecule has 0 saturated carbocycles. The molecule has 0 unspecified atom stereocenters. The minimum absolute atomic E-state index is 0.0583. The summed E-state index contributed by atoms with van der Waals surface area (Å²) >= 11 is 0. The number of imidazole rings is 1. The Morgan fingerprint density at radius 3 is 2.81 bits per heavy atom. The van der Waals surface area contributed by atoms with E-state index in [2.05, 4.69) is 25.3 Å². The van der Waals surface area contributed by atoms with Gasteiger partial charge in [0.1, 0.15) is 17.8 Å². The fourth-order valence-corrected chi connectivity index (χ4v) is 2.76. The first-order chi connectivity index (χ1) is 13.1. The minimum Gasteiger partial charge on any atom is -0.345 e. The van der Waals surface area contributed by atoms with Gasteiger partial charge in [-0.25, -0.2) is 15.0 Å². The molecule has 0 fully saturated rings. The predicted octanol–water partition coefficient (Wildman–Crippen LogP) is 2.63. The van der Waals surface area contributed by atoms with Crippen molar-refractivity contribution in [2.45, 2.75) is 0 Å². The Bertz CT molecular complexity index is 1110. The Labute approximate surface area is 155 Å². The number of hydrogen-bond acceptors (Lipinski definition) is 6. The van der Waals surface area contributed by atoms with Gasteiger partial charge in [0.05, 0.1) is 11.9 Å². The summed E-state index contributed by atoms with van der Waals surface area (Å²) in [5, 5.41) is 3.37. The van der Waals surface area contributed by atoms with Crippen molar-refractivity contribution in [1.82, 2.24) is 29.2 Å². The van der Waals surface area contributed by atoms with E-state index in [0.717, 1.165) is 11.5 Å². The molecule has 3 heterocycles. The highest BCUT2D eigenvalue weighted by molar-refractivity contribution is 5.95. The highest BCUT2D eigenvalue weighted by Gasteiger charge is 2.16. The van der Waals surface area contributed by atoms with Gasteiger partial charge < -0.3 is 10.2 Å². The highest BCUT2D eigenvalue weighted by Crippen LogP contribution is 2.29. The molecular formula is C19H17N7O. The summed E-state index contributed by atoms with van der Waals surface area (Å²) in [4.78, 5) is 30.8. The lowest BCUT2D eigenvalue weighted by atomic mass is 10.1. The van der Waals surface area contributed by atoms with Gasteiger partial charge in [0, 0.05) is 43.9 Å². The number of nitrogens with one attached hydrogen (secondary N) is 1. The van der Waals surface area contributed by atoms with Gasteiger partial charge in [0.25, 0.3) is 5.91 Å². The second kappa shape index (κ2) is 6.83. The summed E-state index contributed by atoms with van der Waals surface area (Å²) < 4.78 is 1.89. The summed E-state index contributed by atoms with van der Waals surface area (Å²) in [6.45, 7) is 0. The van der Waals surface area contributed by atoms with E-state index in [0.29, 0.717) is 22.6 Å². The van der Waals surface area contributed by atoms with Crippen LogP contribution in [0, 0.1) is 0 Å². The number of anilines is 2. The molecule has 0 bridgehead atoms. The van der Waals surface area contributed by atoms with Gasteiger partial charge >= 0.3 is 0 Å². The topological polar surface area (TPSA) is 88.3 Å². The number of hydrogen-bond donors (Lipinski definition) is 1. The summed E-state index contributed by atoms with van der Waals surface area (Å²) in [5.41, 5.74) is 3.43. The molecule has 1 N–H and O–H groups in total. The third-order valence-corrected chi connectivity index (χ3v) is 4.03. The molecule has 8 heteroatoms. The first-order valence-corrected chi connectivity index (χ1v) is 8.30. The Hall–Kier alpha value is -3.81. The van der Waals surface area contributed by atoms with Crippen LogP contribution in [0.5, 0.6) is 0 Å². The van der Waals surface area contributed by atoms with E-state index in [-0.39, 0.29) is 5.91 Å². The Balaban J connectivity index is 1.80. The number of amides is 1. The van der Waals surface area contributed by atoms with E-state index < -0.39 is 0 Å². The standard InChI is InChI=1S/C19H17N7O/c1-25(2)19(27)13-4-3-5-14(10-13)23-18-17(15-6-7-21-12-22-15)24-16-11-20-8-9-26(16)18/h3-12,23H,1-2H3. The van der Waals surface area contributed by atoms with Crippen molar-refractivity contribution < 1.29 is 4.79 Å². The van der Waals surface area contributed by atoms with Crippen LogP contribution < -0.4 is 5.32 Å². The van der Waals surface area contributed by atoms with E-state index in [1.807, 2.05) is 28.8 Å². The summed E-state index contributed by atoms with van der Waals surface area (Å²) in [5.74, 6) is 0.678. The number of aromatic nitrogens is 5. The molecule has 0 radical (unpaired) electrons. The molecule has 4 aromatic rings. The van der Waals surface area contributed by atoms with Gasteiger partial charge in [0.2, 0.25) is 0 Å². The van der Waals surface area contributed by atoms with Crippen LogP contribution in [0.2, 0.25) is 0 Å². The van der Waals surface area contributed by atoms with Gasteiger partial charge in [-0.1, -0.05) is 6.07 Å². The number of fused-ring (bicyclic) bond motifs is 1. The Kier molecular flexibility index (Phi) is 4.21. The van der Waals surface area contributed by atoms with E-state index in [9.17, 15) is 4.79 Å². The number of benzene rings is 1. The summed E-state index contributed by atoms with van der Waals surface area (Å²) in [6, 6.07) is 9.14. The van der Waals surface area contributed by atoms with E-state index in [1.165, 1.54) is 6.33 Å². The SMILES string of the molecule is CN(C)C(=O)c1cccc(Nc2c(-c3ccncn3)nc3cnccn23)c1. The normalized spacial score (nSPS) is 10.7. The van der Waals surface area contributed by atoms with Crippen LogP contribution in [0.3, 0.4) is 0 Å². The first-order valence-electron chi connectivity index (χ1n) is 8.30. The maximum absolute atomic E-state index is 12.3. The molecule has 8 nitrogen and oxygen atoms in total. The number of rotatable bonds is 4. The van der Waals surface area contributed by atoms with Crippen molar-refractivity contribution in [3.8, 4) is 11.4 Å². The average molecular weight is 359 g/mol. The highest BCUT2D eigenvalue weighted by atomic mass is 16.2. The Morgan fingerprint density at radius 2 is 2.04 bits per heavy atom.